The maximum absolute atomic E-state index is 5.69. The maximum atomic E-state index is 5.69. The van der Waals surface area contributed by atoms with Gasteiger partial charge in [0.1, 0.15) is 0 Å². The summed E-state index contributed by atoms with van der Waals surface area (Å²) in [5.74, 6) is 2.67. The smallest absolute Gasteiger partial charge is 0.243 e. The Bertz CT molecular complexity index is 321. The molecule has 0 spiro atoms. The van der Waals surface area contributed by atoms with Gasteiger partial charge in [0.15, 0.2) is 5.82 Å². The molecule has 4 heteroatoms. The summed E-state index contributed by atoms with van der Waals surface area (Å²) >= 11 is 0. The Kier molecular flexibility index (Phi) is 3.05. The van der Waals surface area contributed by atoms with Crippen LogP contribution in [-0.2, 0) is 0 Å². The van der Waals surface area contributed by atoms with Gasteiger partial charge in [-0.1, -0.05) is 24.9 Å². The summed E-state index contributed by atoms with van der Waals surface area (Å²) in [4.78, 5) is 4.37. The highest BCUT2D eigenvalue weighted by Crippen LogP contribution is 2.34. The molecule has 4 nitrogen and oxygen atoms in total. The average Bonchev–Trinajstić information content (AvgIpc) is 2.66. The second kappa shape index (κ2) is 4.31. The third kappa shape index (κ3) is 2.37. The van der Waals surface area contributed by atoms with Gasteiger partial charge in [0.25, 0.3) is 0 Å². The van der Waals surface area contributed by atoms with E-state index in [-0.39, 0.29) is 6.04 Å². The number of nitrogens with two attached hydrogens (primary N) is 1. The Hall–Kier alpha value is -0.900. The first-order valence-corrected chi connectivity index (χ1v) is 5.76. The van der Waals surface area contributed by atoms with Crippen LogP contribution in [0.25, 0.3) is 0 Å². The number of nitrogens with zero attached hydrogens (tertiary/aromatic N) is 2. The van der Waals surface area contributed by atoms with Gasteiger partial charge in [-0.05, 0) is 25.7 Å². The lowest BCUT2D eigenvalue weighted by molar-refractivity contribution is 0.317. The normalized spacial score (nSPS) is 29.0. The lowest BCUT2D eigenvalue weighted by Crippen LogP contribution is -2.13. The molecule has 0 amide bonds. The van der Waals surface area contributed by atoms with Crippen LogP contribution in [0.15, 0.2) is 4.52 Å². The van der Waals surface area contributed by atoms with Crippen LogP contribution in [0.5, 0.6) is 0 Å². The van der Waals surface area contributed by atoms with E-state index in [4.69, 9.17) is 10.3 Å². The quantitative estimate of drug-likeness (QED) is 0.812. The maximum Gasteiger partial charge on any atom is 0.243 e. The Labute approximate surface area is 90.2 Å². The standard InChI is InChI=1S/C11H19N3O/c1-7-4-3-5-9(6-7)10-13-11(8(2)12)15-14-10/h7-9H,3-6,12H2,1-2H3/t7?,8-,9?/m1/s1. The summed E-state index contributed by atoms with van der Waals surface area (Å²) < 4.78 is 5.13. The highest BCUT2D eigenvalue weighted by atomic mass is 16.5. The number of rotatable bonds is 2. The van der Waals surface area contributed by atoms with Crippen molar-refractivity contribution >= 4 is 0 Å². The van der Waals surface area contributed by atoms with E-state index < -0.39 is 0 Å². The summed E-state index contributed by atoms with van der Waals surface area (Å²) in [6.07, 6.45) is 4.96. The molecule has 3 atom stereocenters. The second-order valence-corrected chi connectivity index (χ2v) is 4.75. The molecule has 2 rings (SSSR count). The van der Waals surface area contributed by atoms with Crippen LogP contribution in [0.3, 0.4) is 0 Å². The predicted molar refractivity (Wildman–Crippen MR) is 57.3 cm³/mol. The van der Waals surface area contributed by atoms with E-state index >= 15 is 0 Å². The van der Waals surface area contributed by atoms with Crippen molar-refractivity contribution in [1.82, 2.24) is 10.1 Å². The zero-order valence-corrected chi connectivity index (χ0v) is 9.44. The fraction of sp³-hybridized carbons (Fsp3) is 0.818. The van der Waals surface area contributed by atoms with Gasteiger partial charge < -0.3 is 10.3 Å². The van der Waals surface area contributed by atoms with Crippen molar-refractivity contribution in [2.75, 3.05) is 0 Å². The SMILES string of the molecule is CC1CCCC(c2noc([C@@H](C)N)n2)C1. The number of aromatic nitrogens is 2. The van der Waals surface area contributed by atoms with Gasteiger partial charge in [-0.3, -0.25) is 0 Å². The van der Waals surface area contributed by atoms with Gasteiger partial charge in [-0.15, -0.1) is 0 Å². The largest absolute Gasteiger partial charge is 0.338 e. The van der Waals surface area contributed by atoms with Gasteiger partial charge in [0.05, 0.1) is 6.04 Å². The molecule has 2 N–H and O–H groups in total. The van der Waals surface area contributed by atoms with Crippen LogP contribution in [0.2, 0.25) is 0 Å². The summed E-state index contributed by atoms with van der Waals surface area (Å²) in [5, 5.41) is 4.03. The zero-order valence-electron chi connectivity index (χ0n) is 9.44. The van der Waals surface area contributed by atoms with Crippen molar-refractivity contribution in [1.29, 1.82) is 0 Å². The van der Waals surface area contributed by atoms with Gasteiger partial charge in [-0.25, -0.2) is 0 Å². The summed E-state index contributed by atoms with van der Waals surface area (Å²) in [6, 6.07) is -0.160. The Balaban J connectivity index is 2.08. The van der Waals surface area contributed by atoms with E-state index in [1.807, 2.05) is 6.92 Å². The minimum atomic E-state index is -0.160. The van der Waals surface area contributed by atoms with Gasteiger partial charge >= 0.3 is 0 Å². The highest BCUT2D eigenvalue weighted by molar-refractivity contribution is 4.99. The molecule has 1 aliphatic rings. The Morgan fingerprint density at radius 3 is 2.87 bits per heavy atom. The van der Waals surface area contributed by atoms with E-state index in [9.17, 15) is 0 Å². The minimum Gasteiger partial charge on any atom is -0.338 e. The van der Waals surface area contributed by atoms with Crippen LogP contribution < -0.4 is 5.73 Å². The van der Waals surface area contributed by atoms with Crippen molar-refractivity contribution in [3.05, 3.63) is 11.7 Å². The van der Waals surface area contributed by atoms with Crippen LogP contribution >= 0.6 is 0 Å². The lowest BCUT2D eigenvalue weighted by Gasteiger charge is -2.23. The molecule has 1 aliphatic carbocycles. The molecule has 1 saturated carbocycles. The topological polar surface area (TPSA) is 64.9 Å². The van der Waals surface area contributed by atoms with E-state index in [2.05, 4.69) is 17.1 Å². The van der Waals surface area contributed by atoms with E-state index in [0.29, 0.717) is 11.8 Å². The van der Waals surface area contributed by atoms with E-state index in [1.54, 1.807) is 0 Å². The van der Waals surface area contributed by atoms with E-state index in [0.717, 1.165) is 11.7 Å². The molecular formula is C11H19N3O. The van der Waals surface area contributed by atoms with Gasteiger partial charge in [-0.2, -0.15) is 4.98 Å². The Morgan fingerprint density at radius 1 is 1.47 bits per heavy atom. The molecule has 84 valence electrons. The van der Waals surface area contributed by atoms with Crippen molar-refractivity contribution in [2.45, 2.75) is 51.5 Å². The molecule has 2 unspecified atom stereocenters. The molecule has 0 aliphatic heterocycles. The first-order valence-electron chi connectivity index (χ1n) is 5.76. The van der Waals surface area contributed by atoms with E-state index in [1.165, 1.54) is 25.7 Å². The number of hydrogen-bond acceptors (Lipinski definition) is 4. The van der Waals surface area contributed by atoms with Crippen LogP contribution in [-0.4, -0.2) is 10.1 Å². The van der Waals surface area contributed by atoms with Gasteiger partial charge in [0, 0.05) is 5.92 Å². The first-order chi connectivity index (χ1) is 7.16. The molecule has 1 fully saturated rings. The highest BCUT2D eigenvalue weighted by Gasteiger charge is 2.24. The zero-order chi connectivity index (χ0) is 10.8. The fourth-order valence-electron chi connectivity index (χ4n) is 2.27. The monoisotopic (exact) mass is 209 g/mol. The third-order valence-corrected chi connectivity index (χ3v) is 3.15. The lowest BCUT2D eigenvalue weighted by atomic mass is 9.82. The van der Waals surface area contributed by atoms with Gasteiger partial charge in [0.2, 0.25) is 5.89 Å². The fourth-order valence-corrected chi connectivity index (χ4v) is 2.27. The molecule has 0 bridgehead atoms. The van der Waals surface area contributed by atoms with Crippen molar-refractivity contribution in [3.8, 4) is 0 Å². The van der Waals surface area contributed by atoms with Crippen LogP contribution in [0.4, 0.5) is 0 Å². The summed E-state index contributed by atoms with van der Waals surface area (Å²) in [7, 11) is 0. The average molecular weight is 209 g/mol. The second-order valence-electron chi connectivity index (χ2n) is 4.75. The predicted octanol–water partition coefficient (Wildman–Crippen LogP) is 2.38. The molecule has 0 saturated heterocycles. The molecule has 0 radical (unpaired) electrons. The molecule has 1 aromatic rings. The molecule has 0 aromatic carbocycles. The third-order valence-electron chi connectivity index (χ3n) is 3.15. The van der Waals surface area contributed by atoms with Crippen molar-refractivity contribution in [3.63, 3.8) is 0 Å². The summed E-state index contributed by atoms with van der Waals surface area (Å²) in [5.41, 5.74) is 5.69. The first kappa shape index (κ1) is 10.6. The van der Waals surface area contributed by atoms with Crippen molar-refractivity contribution < 1.29 is 4.52 Å². The molecule has 1 heterocycles. The summed E-state index contributed by atoms with van der Waals surface area (Å²) in [6.45, 7) is 4.15. The van der Waals surface area contributed by atoms with Crippen LogP contribution in [0.1, 0.15) is 63.2 Å². The minimum absolute atomic E-state index is 0.160. The number of hydrogen-bond donors (Lipinski definition) is 1. The molecule has 1 aromatic heterocycles. The Morgan fingerprint density at radius 2 is 2.27 bits per heavy atom. The molecular weight excluding hydrogens is 190 g/mol. The van der Waals surface area contributed by atoms with Crippen molar-refractivity contribution in [2.24, 2.45) is 11.7 Å². The molecule has 15 heavy (non-hydrogen) atoms. The van der Waals surface area contributed by atoms with Crippen LogP contribution in [0, 0.1) is 5.92 Å².